The van der Waals surface area contributed by atoms with Crippen LogP contribution in [0.15, 0.2) is 18.2 Å². The van der Waals surface area contributed by atoms with Gasteiger partial charge < -0.3 is 10.0 Å². The smallest absolute Gasteiger partial charge is 0.152 e. The molecule has 5 heteroatoms. The van der Waals surface area contributed by atoms with Crippen molar-refractivity contribution in [3.8, 4) is 10.6 Å². The van der Waals surface area contributed by atoms with E-state index in [0.717, 1.165) is 52.4 Å². The van der Waals surface area contributed by atoms with Crippen molar-refractivity contribution in [2.24, 2.45) is 0 Å². The molecule has 21 heavy (non-hydrogen) atoms. The molecule has 1 aliphatic carbocycles. The quantitative estimate of drug-likeness (QED) is 0.885. The van der Waals surface area contributed by atoms with Crippen molar-refractivity contribution in [1.29, 1.82) is 0 Å². The van der Waals surface area contributed by atoms with Crippen LogP contribution in [0.25, 0.3) is 10.6 Å². The number of rotatable bonds is 3. The summed E-state index contributed by atoms with van der Waals surface area (Å²) in [6.07, 6.45) is 3.22. The summed E-state index contributed by atoms with van der Waals surface area (Å²) in [7, 11) is 3.83. The number of nitrogens with zero attached hydrogens (tertiary/aromatic N) is 2. The number of hydrogen-bond acceptors (Lipinski definition) is 5. The highest BCUT2D eigenvalue weighted by Gasteiger charge is 2.23. The monoisotopic (exact) mass is 302 g/mol. The zero-order valence-electron chi connectivity index (χ0n) is 12.2. The fourth-order valence-electron chi connectivity index (χ4n) is 2.71. The fourth-order valence-corrected chi connectivity index (χ4v) is 3.84. The molecule has 0 amide bonds. The molecule has 0 fully saturated rings. The molecule has 1 heterocycles. The average molecular weight is 302 g/mol. The maximum atomic E-state index is 11.3. The topological polar surface area (TPSA) is 53.4 Å². The van der Waals surface area contributed by atoms with Crippen molar-refractivity contribution in [3.05, 3.63) is 34.3 Å². The maximum absolute atomic E-state index is 11.3. The Morgan fingerprint density at radius 1 is 1.43 bits per heavy atom. The number of aryl methyl sites for hydroxylation is 1. The molecule has 1 atom stereocenters. The molecule has 0 radical (unpaired) electrons. The lowest BCUT2D eigenvalue weighted by Crippen LogP contribution is -2.11. The molecule has 1 unspecified atom stereocenters. The number of carbonyl (C=O) groups excluding carboxylic acids is 1. The molecule has 3 rings (SSSR count). The van der Waals surface area contributed by atoms with Crippen LogP contribution in [0.3, 0.4) is 0 Å². The highest BCUT2D eigenvalue weighted by atomic mass is 32.1. The van der Waals surface area contributed by atoms with Crippen LogP contribution in [-0.4, -0.2) is 30.5 Å². The maximum Gasteiger partial charge on any atom is 0.152 e. The van der Waals surface area contributed by atoms with Crippen LogP contribution in [0, 0.1) is 0 Å². The van der Waals surface area contributed by atoms with Gasteiger partial charge in [0.2, 0.25) is 0 Å². The first-order chi connectivity index (χ1) is 10.1. The number of aliphatic hydroxyl groups excluding tert-OH is 1. The van der Waals surface area contributed by atoms with Crippen molar-refractivity contribution < 1.29 is 9.90 Å². The van der Waals surface area contributed by atoms with Gasteiger partial charge in [-0.15, -0.1) is 11.3 Å². The van der Waals surface area contributed by atoms with E-state index in [1.165, 1.54) is 11.3 Å². The highest BCUT2D eigenvalue weighted by molar-refractivity contribution is 7.15. The number of aliphatic hydroxyl groups is 1. The lowest BCUT2D eigenvalue weighted by atomic mass is 10.0. The third-order valence-corrected chi connectivity index (χ3v) is 5.05. The lowest BCUT2D eigenvalue weighted by Gasteiger charge is -2.15. The zero-order valence-corrected chi connectivity index (χ0v) is 13.0. The molecule has 0 bridgehead atoms. The van der Waals surface area contributed by atoms with Gasteiger partial charge in [-0.2, -0.15) is 0 Å². The molecule has 0 saturated carbocycles. The Morgan fingerprint density at radius 3 is 2.90 bits per heavy atom. The summed E-state index contributed by atoms with van der Waals surface area (Å²) < 4.78 is 0. The molecule has 1 aromatic carbocycles. The molecule has 2 aromatic rings. The van der Waals surface area contributed by atoms with Crippen LogP contribution in [0.2, 0.25) is 0 Å². The van der Waals surface area contributed by atoms with Crippen molar-refractivity contribution in [3.63, 3.8) is 0 Å². The van der Waals surface area contributed by atoms with E-state index in [0.29, 0.717) is 5.56 Å². The van der Waals surface area contributed by atoms with Crippen LogP contribution < -0.4 is 4.90 Å². The van der Waals surface area contributed by atoms with Gasteiger partial charge in [0.25, 0.3) is 0 Å². The number of aldehydes is 1. The molecule has 4 nitrogen and oxygen atoms in total. The molecule has 1 aliphatic rings. The molecule has 0 aliphatic heterocycles. The van der Waals surface area contributed by atoms with Crippen LogP contribution in [0.1, 0.15) is 39.9 Å². The van der Waals surface area contributed by atoms with E-state index in [-0.39, 0.29) is 6.10 Å². The van der Waals surface area contributed by atoms with Gasteiger partial charge in [0.05, 0.1) is 16.7 Å². The fraction of sp³-hybridized carbons (Fsp3) is 0.375. The summed E-state index contributed by atoms with van der Waals surface area (Å²) in [5, 5.41) is 10.9. The molecular weight excluding hydrogens is 284 g/mol. The number of aromatic nitrogens is 1. The van der Waals surface area contributed by atoms with Crippen molar-refractivity contribution in [1.82, 2.24) is 4.98 Å². The second kappa shape index (κ2) is 5.58. The van der Waals surface area contributed by atoms with Crippen LogP contribution in [-0.2, 0) is 6.42 Å². The van der Waals surface area contributed by atoms with Crippen LogP contribution >= 0.6 is 11.3 Å². The summed E-state index contributed by atoms with van der Waals surface area (Å²) in [4.78, 5) is 18.8. The molecule has 0 saturated heterocycles. The summed E-state index contributed by atoms with van der Waals surface area (Å²) in [6, 6.07) is 5.80. The predicted molar refractivity (Wildman–Crippen MR) is 85.2 cm³/mol. The SMILES string of the molecule is CN(C)c1ccc(-c2nc3c(s2)C(O)CCC3)cc1C=O. The van der Waals surface area contributed by atoms with E-state index in [9.17, 15) is 9.90 Å². The Hall–Kier alpha value is -1.72. The van der Waals surface area contributed by atoms with Crippen molar-refractivity contribution in [2.75, 3.05) is 19.0 Å². The Labute approximate surface area is 128 Å². The van der Waals surface area contributed by atoms with E-state index in [1.54, 1.807) is 0 Å². The van der Waals surface area contributed by atoms with E-state index >= 15 is 0 Å². The van der Waals surface area contributed by atoms with Gasteiger partial charge in [-0.3, -0.25) is 4.79 Å². The molecule has 1 aromatic heterocycles. The highest BCUT2D eigenvalue weighted by Crippen LogP contribution is 2.38. The second-order valence-corrected chi connectivity index (χ2v) is 6.55. The summed E-state index contributed by atoms with van der Waals surface area (Å²) in [5.41, 5.74) is 3.51. The van der Waals surface area contributed by atoms with Crippen LogP contribution in [0.4, 0.5) is 5.69 Å². The third kappa shape index (κ3) is 2.59. The summed E-state index contributed by atoms with van der Waals surface area (Å²) in [5.74, 6) is 0. The zero-order chi connectivity index (χ0) is 15.0. The minimum Gasteiger partial charge on any atom is -0.388 e. The summed E-state index contributed by atoms with van der Waals surface area (Å²) in [6.45, 7) is 0. The minimum absolute atomic E-state index is 0.383. The third-order valence-electron chi connectivity index (χ3n) is 3.80. The number of fused-ring (bicyclic) bond motifs is 1. The first-order valence-corrected chi connectivity index (χ1v) is 7.86. The Morgan fingerprint density at radius 2 is 2.24 bits per heavy atom. The van der Waals surface area contributed by atoms with E-state index < -0.39 is 0 Å². The van der Waals surface area contributed by atoms with E-state index in [2.05, 4.69) is 4.98 Å². The van der Waals surface area contributed by atoms with Gasteiger partial charge >= 0.3 is 0 Å². The number of anilines is 1. The molecule has 1 N–H and O–H groups in total. The van der Waals surface area contributed by atoms with Gasteiger partial charge in [0.15, 0.2) is 6.29 Å². The standard InChI is InChI=1S/C16H18N2O2S/c1-18(2)13-7-6-10(8-11(13)9-19)16-17-12-4-3-5-14(20)15(12)21-16/h6-9,14,20H,3-5H2,1-2H3. The van der Waals surface area contributed by atoms with Gasteiger partial charge in [-0.05, 0) is 37.5 Å². The van der Waals surface area contributed by atoms with Crippen molar-refractivity contribution in [2.45, 2.75) is 25.4 Å². The Kier molecular flexibility index (Phi) is 3.78. The van der Waals surface area contributed by atoms with Gasteiger partial charge in [0, 0.05) is 30.9 Å². The normalized spacial score (nSPS) is 17.4. The number of carbonyl (C=O) groups is 1. The summed E-state index contributed by atoms with van der Waals surface area (Å²) >= 11 is 1.54. The Bertz CT molecular complexity index is 679. The Balaban J connectivity index is 2.03. The van der Waals surface area contributed by atoms with Gasteiger partial charge in [0.1, 0.15) is 5.01 Å². The predicted octanol–water partition coefficient (Wildman–Crippen LogP) is 3.06. The first-order valence-electron chi connectivity index (χ1n) is 7.04. The van der Waals surface area contributed by atoms with Crippen molar-refractivity contribution >= 4 is 23.3 Å². The number of benzene rings is 1. The largest absolute Gasteiger partial charge is 0.388 e. The average Bonchev–Trinajstić information content (AvgIpc) is 2.92. The first kappa shape index (κ1) is 14.2. The second-order valence-electron chi connectivity index (χ2n) is 5.52. The number of thiazole rings is 1. The number of hydrogen-bond donors (Lipinski definition) is 1. The van der Waals surface area contributed by atoms with E-state index in [4.69, 9.17) is 0 Å². The van der Waals surface area contributed by atoms with Gasteiger partial charge in [-0.25, -0.2) is 4.98 Å². The molecular formula is C16H18N2O2S. The minimum atomic E-state index is -0.383. The lowest BCUT2D eigenvalue weighted by molar-refractivity contribution is 0.112. The van der Waals surface area contributed by atoms with Crippen LogP contribution in [0.5, 0.6) is 0 Å². The molecule has 0 spiro atoms. The van der Waals surface area contributed by atoms with E-state index in [1.807, 2.05) is 37.2 Å². The van der Waals surface area contributed by atoms with Gasteiger partial charge in [-0.1, -0.05) is 0 Å². The molecule has 110 valence electrons.